The number of hydrazone groups is 1. The smallest absolute Gasteiger partial charge is 0.262 e. The van der Waals surface area contributed by atoms with E-state index in [-0.39, 0.29) is 24.4 Å². The molecule has 1 heterocycles. The Morgan fingerprint density at radius 1 is 1.00 bits per heavy atom. The number of hydrogen-bond acceptors (Lipinski definition) is 5. The molecule has 0 bridgehead atoms. The monoisotopic (exact) mass is 442 g/mol. The van der Waals surface area contributed by atoms with Crippen LogP contribution >= 0.6 is 0 Å². The van der Waals surface area contributed by atoms with E-state index in [1.807, 2.05) is 60.7 Å². The van der Waals surface area contributed by atoms with Gasteiger partial charge in [0.2, 0.25) is 0 Å². The van der Waals surface area contributed by atoms with Gasteiger partial charge in [-0.25, -0.2) is 5.01 Å². The van der Waals surface area contributed by atoms with Crippen LogP contribution in [0.25, 0.3) is 0 Å². The molecular weight excluding hydrogens is 416 g/mol. The third-order valence-electron chi connectivity index (χ3n) is 5.60. The number of rotatable bonds is 7. The number of nitrogens with one attached hydrogen (secondary N) is 2. The highest BCUT2D eigenvalue weighted by atomic mass is 16.5. The van der Waals surface area contributed by atoms with Crippen molar-refractivity contribution in [3.05, 3.63) is 95.6 Å². The van der Waals surface area contributed by atoms with Gasteiger partial charge in [-0.15, -0.1) is 0 Å². The maximum absolute atomic E-state index is 13.3. The van der Waals surface area contributed by atoms with Crippen LogP contribution < -0.4 is 15.4 Å². The number of hydrogen-bond donors (Lipinski definition) is 2. The molecule has 0 fully saturated rings. The second-order valence-electron chi connectivity index (χ2n) is 7.62. The van der Waals surface area contributed by atoms with E-state index in [0.717, 1.165) is 22.6 Å². The van der Waals surface area contributed by atoms with E-state index in [1.165, 1.54) is 0 Å². The number of anilines is 1. The van der Waals surface area contributed by atoms with Crippen LogP contribution in [0.2, 0.25) is 0 Å². The number of benzene rings is 3. The zero-order chi connectivity index (χ0) is 23.2. The standard InChI is InChI=1S/C26H26N4O3/c1-27-26(32)21-10-6-7-11-22(21)28-17-25(31)30-24(19-12-14-20(33-2)15-13-19)16-23(29-30)18-8-4-3-5-9-18/h3-15,24,28H,16-17H2,1-2H3,(H,27,32). The Balaban J connectivity index is 1.58. The van der Waals surface area contributed by atoms with Crippen LogP contribution in [-0.2, 0) is 4.79 Å². The number of nitrogens with zero attached hydrogens (tertiary/aromatic N) is 2. The van der Waals surface area contributed by atoms with Gasteiger partial charge in [0, 0.05) is 19.2 Å². The van der Waals surface area contributed by atoms with Gasteiger partial charge in [-0.1, -0.05) is 54.6 Å². The van der Waals surface area contributed by atoms with Crippen molar-refractivity contribution in [1.82, 2.24) is 10.3 Å². The van der Waals surface area contributed by atoms with E-state index in [1.54, 1.807) is 37.4 Å². The summed E-state index contributed by atoms with van der Waals surface area (Å²) in [5.41, 5.74) is 3.90. The third kappa shape index (κ3) is 4.87. The van der Waals surface area contributed by atoms with Crippen LogP contribution in [0.15, 0.2) is 84.0 Å². The fourth-order valence-electron chi connectivity index (χ4n) is 3.85. The summed E-state index contributed by atoms with van der Waals surface area (Å²) in [7, 11) is 3.20. The maximum Gasteiger partial charge on any atom is 0.262 e. The summed E-state index contributed by atoms with van der Waals surface area (Å²) in [4.78, 5) is 25.4. The topological polar surface area (TPSA) is 83.0 Å². The van der Waals surface area contributed by atoms with Gasteiger partial charge >= 0.3 is 0 Å². The Bertz CT molecular complexity index is 1160. The lowest BCUT2D eigenvalue weighted by Gasteiger charge is -2.23. The lowest BCUT2D eigenvalue weighted by molar-refractivity contribution is -0.131. The summed E-state index contributed by atoms with van der Waals surface area (Å²) >= 11 is 0. The van der Waals surface area contributed by atoms with Crippen molar-refractivity contribution < 1.29 is 14.3 Å². The van der Waals surface area contributed by atoms with E-state index < -0.39 is 0 Å². The van der Waals surface area contributed by atoms with Gasteiger partial charge in [-0.2, -0.15) is 5.10 Å². The molecular formula is C26H26N4O3. The molecule has 0 saturated heterocycles. The molecule has 4 rings (SSSR count). The second kappa shape index (κ2) is 9.99. The Hall–Kier alpha value is -4.13. The molecule has 3 aromatic carbocycles. The van der Waals surface area contributed by atoms with Crippen LogP contribution in [0.5, 0.6) is 5.75 Å². The first-order chi connectivity index (χ1) is 16.1. The number of carbonyl (C=O) groups is 2. The summed E-state index contributed by atoms with van der Waals surface area (Å²) in [5.74, 6) is 0.354. The Kier molecular flexibility index (Phi) is 6.69. The summed E-state index contributed by atoms with van der Waals surface area (Å²) in [6.45, 7) is 0.00618. The highest BCUT2D eigenvalue weighted by molar-refractivity contribution is 6.03. The van der Waals surface area contributed by atoms with Crippen molar-refractivity contribution in [2.75, 3.05) is 26.0 Å². The molecule has 3 aromatic rings. The van der Waals surface area contributed by atoms with Crippen molar-refractivity contribution in [3.63, 3.8) is 0 Å². The Morgan fingerprint density at radius 2 is 1.70 bits per heavy atom. The highest BCUT2D eigenvalue weighted by Gasteiger charge is 2.33. The number of carbonyl (C=O) groups excluding carboxylic acids is 2. The van der Waals surface area contributed by atoms with E-state index in [2.05, 4.69) is 10.6 Å². The van der Waals surface area contributed by atoms with Gasteiger partial charge in [0.1, 0.15) is 5.75 Å². The van der Waals surface area contributed by atoms with Crippen LogP contribution in [-0.4, -0.2) is 43.2 Å². The number of para-hydroxylation sites is 1. The average Bonchev–Trinajstić information content (AvgIpc) is 3.33. The molecule has 1 aliphatic rings. The van der Waals surface area contributed by atoms with Gasteiger partial charge in [0.15, 0.2) is 0 Å². The molecule has 7 heteroatoms. The quantitative estimate of drug-likeness (QED) is 0.582. The molecule has 7 nitrogen and oxygen atoms in total. The first kappa shape index (κ1) is 22.1. The minimum Gasteiger partial charge on any atom is -0.497 e. The first-order valence-corrected chi connectivity index (χ1v) is 10.7. The van der Waals surface area contributed by atoms with Gasteiger partial charge in [-0.05, 0) is 35.4 Å². The number of amides is 2. The molecule has 0 aliphatic carbocycles. The molecule has 0 spiro atoms. The molecule has 1 aliphatic heterocycles. The summed E-state index contributed by atoms with van der Waals surface area (Å²) in [6.07, 6.45) is 0.608. The maximum atomic E-state index is 13.3. The third-order valence-corrected chi connectivity index (χ3v) is 5.60. The summed E-state index contributed by atoms with van der Waals surface area (Å²) < 4.78 is 5.27. The van der Waals surface area contributed by atoms with Crippen LogP contribution in [0.4, 0.5) is 5.69 Å². The normalized spacial score (nSPS) is 15.0. The SMILES string of the molecule is CNC(=O)c1ccccc1NCC(=O)N1N=C(c2ccccc2)CC1c1ccc(OC)cc1. The van der Waals surface area contributed by atoms with Crippen molar-refractivity contribution in [1.29, 1.82) is 0 Å². The zero-order valence-corrected chi connectivity index (χ0v) is 18.6. The van der Waals surface area contributed by atoms with Gasteiger partial charge in [0.25, 0.3) is 11.8 Å². The first-order valence-electron chi connectivity index (χ1n) is 10.7. The molecule has 2 N–H and O–H groups in total. The van der Waals surface area contributed by atoms with Gasteiger partial charge in [0.05, 0.1) is 31.0 Å². The van der Waals surface area contributed by atoms with Crippen LogP contribution in [0.1, 0.15) is 33.9 Å². The lowest BCUT2D eigenvalue weighted by atomic mass is 9.98. The summed E-state index contributed by atoms with van der Waals surface area (Å²) in [5, 5.41) is 12.0. The van der Waals surface area contributed by atoms with E-state index in [4.69, 9.17) is 9.84 Å². The van der Waals surface area contributed by atoms with E-state index >= 15 is 0 Å². The van der Waals surface area contributed by atoms with Gasteiger partial charge in [-0.3, -0.25) is 9.59 Å². The van der Waals surface area contributed by atoms with Gasteiger partial charge < -0.3 is 15.4 Å². The predicted octanol–water partition coefficient (Wildman–Crippen LogP) is 3.84. The van der Waals surface area contributed by atoms with E-state index in [0.29, 0.717) is 17.7 Å². The Labute approximate surface area is 193 Å². The minimum absolute atomic E-state index is 0.00618. The average molecular weight is 443 g/mol. The van der Waals surface area contributed by atoms with Crippen molar-refractivity contribution in [3.8, 4) is 5.75 Å². The molecule has 1 unspecified atom stereocenters. The number of ether oxygens (including phenoxy) is 1. The number of methoxy groups -OCH3 is 1. The highest BCUT2D eigenvalue weighted by Crippen LogP contribution is 2.33. The van der Waals surface area contributed by atoms with Crippen LogP contribution in [0, 0.1) is 0 Å². The molecule has 33 heavy (non-hydrogen) atoms. The molecule has 0 radical (unpaired) electrons. The van der Waals surface area contributed by atoms with Crippen molar-refractivity contribution in [2.24, 2.45) is 5.10 Å². The van der Waals surface area contributed by atoms with Crippen molar-refractivity contribution in [2.45, 2.75) is 12.5 Å². The molecule has 0 aromatic heterocycles. The van der Waals surface area contributed by atoms with Crippen LogP contribution in [0.3, 0.4) is 0 Å². The van der Waals surface area contributed by atoms with E-state index in [9.17, 15) is 9.59 Å². The Morgan fingerprint density at radius 3 is 2.39 bits per heavy atom. The van der Waals surface area contributed by atoms with Crippen molar-refractivity contribution >= 4 is 23.2 Å². The molecule has 0 saturated carbocycles. The summed E-state index contributed by atoms with van der Waals surface area (Å²) in [6, 6.07) is 24.4. The largest absolute Gasteiger partial charge is 0.497 e. The lowest BCUT2D eigenvalue weighted by Crippen LogP contribution is -2.32. The predicted molar refractivity (Wildman–Crippen MR) is 128 cm³/mol. The fourth-order valence-corrected chi connectivity index (χ4v) is 3.85. The second-order valence-corrected chi connectivity index (χ2v) is 7.62. The minimum atomic E-state index is -0.227. The molecule has 2 amide bonds. The molecule has 1 atom stereocenters. The zero-order valence-electron chi connectivity index (χ0n) is 18.6. The molecule has 168 valence electrons. The fraction of sp³-hybridized carbons (Fsp3) is 0.192.